The van der Waals surface area contributed by atoms with Gasteiger partial charge in [0, 0.05) is 12.0 Å². The molecule has 1 aromatic carbocycles. The quantitative estimate of drug-likeness (QED) is 0.777. The lowest BCUT2D eigenvalue weighted by molar-refractivity contribution is 0.412. The number of aromatic nitrogens is 3. The molecule has 0 saturated carbocycles. The number of nitrogens with zero attached hydrogens (tertiary/aromatic N) is 3. The van der Waals surface area contributed by atoms with Crippen molar-refractivity contribution in [2.24, 2.45) is 5.73 Å². The molecule has 5 nitrogen and oxygen atoms in total. The minimum atomic E-state index is -0.0439. The van der Waals surface area contributed by atoms with E-state index in [0.717, 1.165) is 36.5 Å². The Morgan fingerprint density at radius 2 is 2.00 bits per heavy atom. The number of nitrogens with two attached hydrogens (primary N) is 1. The van der Waals surface area contributed by atoms with Crippen molar-refractivity contribution in [3.63, 3.8) is 0 Å². The Morgan fingerprint density at radius 3 is 2.76 bits per heavy atom. The van der Waals surface area contributed by atoms with Crippen LogP contribution < -0.4 is 5.73 Å². The van der Waals surface area contributed by atoms with Crippen LogP contribution in [-0.4, -0.2) is 19.9 Å². The van der Waals surface area contributed by atoms with Crippen LogP contribution in [0, 0.1) is 0 Å². The number of hydrogen-bond donors (Lipinski definition) is 2. The first-order chi connectivity index (χ1) is 8.25. The number of aryl methyl sites for hydroxylation is 1. The molecule has 0 amide bonds. The molecule has 1 aliphatic heterocycles. The SMILES string of the molecule is NC1CCCc2nnc(-c3ccc(O)cc3)n21. The molecule has 1 aromatic heterocycles. The second-order valence-corrected chi connectivity index (χ2v) is 4.32. The zero-order valence-corrected chi connectivity index (χ0v) is 9.37. The Balaban J connectivity index is 2.09. The Labute approximate surface area is 98.9 Å². The third kappa shape index (κ3) is 1.68. The summed E-state index contributed by atoms with van der Waals surface area (Å²) in [7, 11) is 0. The molecular formula is C12H14N4O. The predicted octanol–water partition coefficient (Wildman–Crippen LogP) is 1.44. The molecule has 0 aliphatic carbocycles. The Morgan fingerprint density at radius 1 is 1.24 bits per heavy atom. The van der Waals surface area contributed by atoms with E-state index in [9.17, 15) is 5.11 Å². The molecule has 0 fully saturated rings. The van der Waals surface area contributed by atoms with Crippen LogP contribution in [0.25, 0.3) is 11.4 Å². The molecule has 3 rings (SSSR count). The van der Waals surface area contributed by atoms with Crippen LogP contribution in [0.3, 0.4) is 0 Å². The first-order valence-electron chi connectivity index (χ1n) is 5.74. The lowest BCUT2D eigenvalue weighted by atomic mass is 10.1. The van der Waals surface area contributed by atoms with Crippen LogP contribution >= 0.6 is 0 Å². The van der Waals surface area contributed by atoms with Crippen LogP contribution in [0.15, 0.2) is 24.3 Å². The van der Waals surface area contributed by atoms with Gasteiger partial charge >= 0.3 is 0 Å². The van der Waals surface area contributed by atoms with E-state index in [1.807, 2.05) is 16.7 Å². The fourth-order valence-corrected chi connectivity index (χ4v) is 2.25. The summed E-state index contributed by atoms with van der Waals surface area (Å²) in [5, 5.41) is 17.7. The average Bonchev–Trinajstić information content (AvgIpc) is 2.75. The second kappa shape index (κ2) is 3.85. The van der Waals surface area contributed by atoms with Gasteiger partial charge < -0.3 is 10.8 Å². The molecule has 1 unspecified atom stereocenters. The van der Waals surface area contributed by atoms with E-state index in [1.54, 1.807) is 12.1 Å². The van der Waals surface area contributed by atoms with E-state index in [1.165, 1.54) is 0 Å². The van der Waals surface area contributed by atoms with Crippen molar-refractivity contribution >= 4 is 0 Å². The van der Waals surface area contributed by atoms with Crippen molar-refractivity contribution in [3.8, 4) is 17.1 Å². The van der Waals surface area contributed by atoms with E-state index in [4.69, 9.17) is 5.73 Å². The molecule has 3 N–H and O–H groups in total. The highest BCUT2D eigenvalue weighted by Gasteiger charge is 2.22. The molecule has 1 aliphatic rings. The summed E-state index contributed by atoms with van der Waals surface area (Å²) in [4.78, 5) is 0. The molecular weight excluding hydrogens is 216 g/mol. The summed E-state index contributed by atoms with van der Waals surface area (Å²) in [5.41, 5.74) is 7.02. The Bertz CT molecular complexity index is 532. The van der Waals surface area contributed by atoms with Gasteiger partial charge in [-0.15, -0.1) is 10.2 Å². The summed E-state index contributed by atoms with van der Waals surface area (Å²) in [5.74, 6) is 1.98. The van der Waals surface area contributed by atoms with E-state index in [0.29, 0.717) is 0 Å². The van der Waals surface area contributed by atoms with Gasteiger partial charge in [-0.2, -0.15) is 0 Å². The minimum absolute atomic E-state index is 0.0439. The molecule has 1 atom stereocenters. The van der Waals surface area contributed by atoms with Gasteiger partial charge in [0.05, 0.1) is 6.17 Å². The fourth-order valence-electron chi connectivity index (χ4n) is 2.25. The fraction of sp³-hybridized carbons (Fsp3) is 0.333. The van der Waals surface area contributed by atoms with Gasteiger partial charge in [-0.3, -0.25) is 4.57 Å². The Hall–Kier alpha value is -1.88. The van der Waals surface area contributed by atoms with Crippen LogP contribution in [0.4, 0.5) is 0 Å². The first-order valence-corrected chi connectivity index (χ1v) is 5.74. The molecule has 88 valence electrons. The first kappa shape index (κ1) is 10.3. The molecule has 0 saturated heterocycles. The number of phenols is 1. The minimum Gasteiger partial charge on any atom is -0.508 e. The van der Waals surface area contributed by atoms with Crippen LogP contribution in [-0.2, 0) is 6.42 Å². The highest BCUT2D eigenvalue weighted by Crippen LogP contribution is 2.27. The normalized spacial score (nSPS) is 19.0. The Kier molecular flexibility index (Phi) is 2.33. The van der Waals surface area contributed by atoms with Gasteiger partial charge in [0.2, 0.25) is 0 Å². The summed E-state index contributed by atoms with van der Waals surface area (Å²) in [6.45, 7) is 0. The zero-order chi connectivity index (χ0) is 11.8. The van der Waals surface area contributed by atoms with Gasteiger partial charge in [-0.1, -0.05) is 0 Å². The number of rotatable bonds is 1. The molecule has 17 heavy (non-hydrogen) atoms. The van der Waals surface area contributed by atoms with Gasteiger partial charge in [0.15, 0.2) is 5.82 Å². The number of aromatic hydroxyl groups is 1. The number of hydrogen-bond acceptors (Lipinski definition) is 4. The van der Waals surface area contributed by atoms with E-state index in [2.05, 4.69) is 10.2 Å². The molecule has 0 bridgehead atoms. The third-order valence-electron chi connectivity index (χ3n) is 3.12. The van der Waals surface area contributed by atoms with Gasteiger partial charge in [-0.05, 0) is 37.1 Å². The summed E-state index contributed by atoms with van der Waals surface area (Å²) < 4.78 is 2.00. The van der Waals surface area contributed by atoms with Gasteiger partial charge in [-0.25, -0.2) is 0 Å². The molecule has 2 aromatic rings. The predicted molar refractivity (Wildman–Crippen MR) is 63.3 cm³/mol. The van der Waals surface area contributed by atoms with Crippen molar-refractivity contribution in [2.75, 3.05) is 0 Å². The number of benzene rings is 1. The summed E-state index contributed by atoms with van der Waals surface area (Å²) in [6, 6.07) is 6.94. The maximum Gasteiger partial charge on any atom is 0.165 e. The average molecular weight is 230 g/mol. The van der Waals surface area contributed by atoms with E-state index >= 15 is 0 Å². The van der Waals surface area contributed by atoms with Crippen molar-refractivity contribution in [1.82, 2.24) is 14.8 Å². The maximum atomic E-state index is 9.28. The van der Waals surface area contributed by atoms with Gasteiger partial charge in [0.25, 0.3) is 0 Å². The van der Waals surface area contributed by atoms with E-state index in [-0.39, 0.29) is 11.9 Å². The van der Waals surface area contributed by atoms with Crippen LogP contribution in [0.2, 0.25) is 0 Å². The standard InChI is InChI=1S/C12H14N4O/c13-10-2-1-3-11-14-15-12(16(10)11)8-4-6-9(17)7-5-8/h4-7,10,17H,1-3,13H2. The van der Waals surface area contributed by atoms with Crippen molar-refractivity contribution in [3.05, 3.63) is 30.1 Å². The van der Waals surface area contributed by atoms with E-state index < -0.39 is 0 Å². The van der Waals surface area contributed by atoms with Crippen molar-refractivity contribution in [2.45, 2.75) is 25.4 Å². The van der Waals surface area contributed by atoms with Crippen LogP contribution in [0.1, 0.15) is 24.8 Å². The van der Waals surface area contributed by atoms with Crippen molar-refractivity contribution in [1.29, 1.82) is 0 Å². The van der Waals surface area contributed by atoms with Gasteiger partial charge in [0.1, 0.15) is 11.6 Å². The second-order valence-electron chi connectivity index (χ2n) is 4.32. The lowest BCUT2D eigenvalue weighted by Gasteiger charge is -2.22. The molecule has 2 heterocycles. The van der Waals surface area contributed by atoms with Crippen molar-refractivity contribution < 1.29 is 5.11 Å². The monoisotopic (exact) mass is 230 g/mol. The topological polar surface area (TPSA) is 77.0 Å². The molecule has 0 radical (unpaired) electrons. The molecule has 0 spiro atoms. The highest BCUT2D eigenvalue weighted by atomic mass is 16.3. The largest absolute Gasteiger partial charge is 0.508 e. The highest BCUT2D eigenvalue weighted by molar-refractivity contribution is 5.56. The summed E-state index contributed by atoms with van der Waals surface area (Å²) >= 11 is 0. The molecule has 5 heteroatoms. The number of fused-ring (bicyclic) bond motifs is 1. The smallest absolute Gasteiger partial charge is 0.165 e. The summed E-state index contributed by atoms with van der Waals surface area (Å²) in [6.07, 6.45) is 2.90. The van der Waals surface area contributed by atoms with Crippen LogP contribution in [0.5, 0.6) is 5.75 Å². The maximum absolute atomic E-state index is 9.28. The zero-order valence-electron chi connectivity index (χ0n) is 9.37. The number of phenolic OH excluding ortho intramolecular Hbond substituents is 1. The lowest BCUT2D eigenvalue weighted by Crippen LogP contribution is -2.25. The third-order valence-corrected chi connectivity index (χ3v) is 3.12.